The predicted octanol–water partition coefficient (Wildman–Crippen LogP) is -1.51. The smallest absolute Gasteiger partial charge is 0.348 e. The third kappa shape index (κ3) is 3.47. The third-order valence-electron chi connectivity index (χ3n) is 3.18. The summed E-state index contributed by atoms with van der Waals surface area (Å²) in [7, 11) is -4.69. The Labute approximate surface area is 132 Å². The summed E-state index contributed by atoms with van der Waals surface area (Å²) in [4.78, 5) is 44.9. The average Bonchev–Trinajstić information content (AvgIpc) is 2.71. The Kier molecular flexibility index (Phi) is 4.78. The third-order valence-corrected chi connectivity index (χ3v) is 3.72. The average molecular weight is 361 g/mol. The fraction of sp³-hybridized carbons (Fsp3) is 0.400. The number of hydrogen-bond acceptors (Lipinski definition) is 7. The van der Waals surface area contributed by atoms with Gasteiger partial charge in [0.1, 0.15) is 12.2 Å². The lowest BCUT2D eigenvalue weighted by Crippen LogP contribution is -2.40. The maximum Gasteiger partial charge on any atom is 0.348 e. The van der Waals surface area contributed by atoms with Gasteiger partial charge in [-0.05, 0) is 11.6 Å². The first-order valence-electron chi connectivity index (χ1n) is 6.27. The summed E-state index contributed by atoms with van der Waals surface area (Å²) < 4.78 is 16.9. The molecular weight excluding hydrogens is 349 g/mol. The molecule has 1 aromatic heterocycles. The molecule has 24 heavy (non-hydrogen) atoms. The first kappa shape index (κ1) is 18.1. The summed E-state index contributed by atoms with van der Waals surface area (Å²) in [6.07, 6.45) is -3.77. The lowest BCUT2D eigenvalue weighted by atomic mass is 10.1. The molecule has 1 fully saturated rings. The highest BCUT2D eigenvalue weighted by Crippen LogP contribution is 2.43. The Morgan fingerprint density at radius 1 is 1.46 bits per heavy atom. The van der Waals surface area contributed by atoms with Crippen LogP contribution in [-0.4, -0.2) is 47.5 Å². The van der Waals surface area contributed by atoms with Crippen LogP contribution in [0, 0.1) is 0 Å². The van der Waals surface area contributed by atoms with Crippen LogP contribution in [0.3, 0.4) is 0 Å². The molecule has 1 aliphatic rings. The first-order chi connectivity index (χ1) is 11.1. The Hall–Kier alpha value is -2.24. The maximum absolute atomic E-state index is 11.8. The molecule has 0 radical (unpaired) electrons. The van der Waals surface area contributed by atoms with E-state index in [0.29, 0.717) is 11.9 Å². The molecule has 4 atom stereocenters. The number of hydrogen-bond donors (Lipinski definition) is 5. The summed E-state index contributed by atoms with van der Waals surface area (Å²) in [5, 5.41) is 23.3. The lowest BCUT2D eigenvalue weighted by molar-refractivity contribution is -0.0730. The molecular formula is C10H12N5O8P. The Morgan fingerprint density at radius 3 is 2.67 bits per heavy atom. The van der Waals surface area contributed by atoms with Gasteiger partial charge in [-0.1, -0.05) is 5.11 Å². The van der Waals surface area contributed by atoms with Crippen molar-refractivity contribution in [3.05, 3.63) is 55.4 Å². The molecule has 5 N–H and O–H groups in total. The van der Waals surface area contributed by atoms with Crippen LogP contribution >= 0.6 is 7.60 Å². The van der Waals surface area contributed by atoms with E-state index in [2.05, 4.69) is 10.0 Å². The van der Waals surface area contributed by atoms with E-state index < -0.39 is 43.0 Å². The number of aromatic nitrogens is 2. The van der Waals surface area contributed by atoms with Gasteiger partial charge in [0.2, 0.25) is 0 Å². The van der Waals surface area contributed by atoms with Gasteiger partial charge in [-0.25, -0.2) is 4.79 Å². The van der Waals surface area contributed by atoms with Gasteiger partial charge in [0.05, 0.1) is 0 Å². The molecule has 0 spiro atoms. The van der Waals surface area contributed by atoms with Crippen molar-refractivity contribution in [1.82, 2.24) is 9.55 Å². The molecule has 2 rings (SSSR count). The second-order valence-electron chi connectivity index (χ2n) is 4.81. The molecule has 1 saturated heterocycles. The van der Waals surface area contributed by atoms with Crippen molar-refractivity contribution in [3.63, 3.8) is 0 Å². The monoisotopic (exact) mass is 361 g/mol. The van der Waals surface area contributed by atoms with Crippen LogP contribution in [0.15, 0.2) is 38.9 Å². The molecule has 130 valence electrons. The lowest BCUT2D eigenvalue weighted by Gasteiger charge is -2.22. The van der Waals surface area contributed by atoms with E-state index in [1.54, 1.807) is 0 Å². The van der Waals surface area contributed by atoms with Crippen molar-refractivity contribution in [2.75, 3.05) is 0 Å². The summed E-state index contributed by atoms with van der Waals surface area (Å²) >= 11 is 0. The van der Waals surface area contributed by atoms with E-state index in [9.17, 15) is 24.4 Å². The molecule has 1 aromatic rings. The van der Waals surface area contributed by atoms with Gasteiger partial charge in [-0.15, -0.1) is 0 Å². The zero-order valence-electron chi connectivity index (χ0n) is 11.7. The highest BCUT2D eigenvalue weighted by Gasteiger charge is 2.54. The molecule has 0 saturated carbocycles. The highest BCUT2D eigenvalue weighted by molar-refractivity contribution is 7.55. The molecule has 2 heterocycles. The number of aromatic amines is 1. The minimum absolute atomic E-state index is 0.329. The highest BCUT2D eigenvalue weighted by atomic mass is 31.2. The number of nitrogens with one attached hydrogen (secondary N) is 1. The van der Waals surface area contributed by atoms with E-state index in [1.807, 2.05) is 4.98 Å². The second kappa shape index (κ2) is 6.34. The number of azide groups is 1. The van der Waals surface area contributed by atoms with Gasteiger partial charge in [-0.2, -0.15) is 0 Å². The van der Waals surface area contributed by atoms with Crippen molar-refractivity contribution >= 4 is 7.60 Å². The number of aliphatic hydroxyl groups is 2. The second-order valence-corrected chi connectivity index (χ2v) is 6.28. The fourth-order valence-corrected chi connectivity index (χ4v) is 2.52. The van der Waals surface area contributed by atoms with Crippen LogP contribution in [0.4, 0.5) is 0 Å². The van der Waals surface area contributed by atoms with Crippen molar-refractivity contribution in [1.29, 1.82) is 0 Å². The van der Waals surface area contributed by atoms with Gasteiger partial charge >= 0.3 is 13.3 Å². The number of aliphatic hydroxyl groups excluding tert-OH is 2. The van der Waals surface area contributed by atoms with Crippen molar-refractivity contribution < 1.29 is 29.3 Å². The van der Waals surface area contributed by atoms with E-state index in [-0.39, 0.29) is 0 Å². The summed E-state index contributed by atoms with van der Waals surface area (Å²) in [6.45, 7) is 0. The van der Waals surface area contributed by atoms with Gasteiger partial charge < -0.3 is 24.7 Å². The van der Waals surface area contributed by atoms with Gasteiger partial charge in [0.15, 0.2) is 12.0 Å². The minimum atomic E-state index is -4.69. The topological polar surface area (TPSA) is 211 Å². The van der Waals surface area contributed by atoms with Crippen LogP contribution in [0.2, 0.25) is 0 Å². The maximum atomic E-state index is 11.8. The van der Waals surface area contributed by atoms with Crippen LogP contribution < -0.4 is 11.2 Å². The van der Waals surface area contributed by atoms with E-state index in [4.69, 9.17) is 20.1 Å². The van der Waals surface area contributed by atoms with Crippen molar-refractivity contribution in [3.8, 4) is 0 Å². The molecule has 0 aromatic carbocycles. The predicted molar refractivity (Wildman–Crippen MR) is 76.5 cm³/mol. The Bertz CT molecular complexity index is 866. The Balaban J connectivity index is 2.51. The molecule has 4 unspecified atom stereocenters. The number of nitrogens with zero attached hydrogens (tertiary/aromatic N) is 4. The molecule has 1 aliphatic heterocycles. The van der Waals surface area contributed by atoms with Gasteiger partial charge in [0, 0.05) is 23.0 Å². The van der Waals surface area contributed by atoms with E-state index >= 15 is 0 Å². The van der Waals surface area contributed by atoms with Crippen molar-refractivity contribution in [2.24, 2.45) is 5.11 Å². The number of rotatable bonds is 4. The largest absolute Gasteiger partial charge is 0.387 e. The molecule has 13 nitrogen and oxygen atoms in total. The van der Waals surface area contributed by atoms with Crippen LogP contribution in [0.25, 0.3) is 10.4 Å². The van der Waals surface area contributed by atoms with Crippen LogP contribution in [-0.2, 0) is 9.30 Å². The standard InChI is InChI=1S/C10H12N5O8P/c11-14-13-10(2-4-24(20,21)22)7(18)6(17)8(23-10)15-3-1-5(16)12-9(15)19/h1-4,6-8,17-18H,(H,12,16,19)(H2,20,21,22). The minimum Gasteiger partial charge on any atom is -0.387 e. The Morgan fingerprint density at radius 2 is 2.12 bits per heavy atom. The number of ether oxygens (including phenoxy) is 1. The zero-order chi connectivity index (χ0) is 18.1. The summed E-state index contributed by atoms with van der Waals surface area (Å²) in [5.41, 5.74) is 4.56. The molecule has 0 aliphatic carbocycles. The van der Waals surface area contributed by atoms with Crippen LogP contribution in [0.5, 0.6) is 0 Å². The summed E-state index contributed by atoms with van der Waals surface area (Å²) in [5.74, 6) is 0.329. The van der Waals surface area contributed by atoms with Gasteiger partial charge in [0.25, 0.3) is 5.56 Å². The van der Waals surface area contributed by atoms with Gasteiger partial charge in [-0.3, -0.25) is 18.9 Å². The molecule has 0 amide bonds. The van der Waals surface area contributed by atoms with Crippen molar-refractivity contribution in [2.45, 2.75) is 24.2 Å². The first-order valence-corrected chi connectivity index (χ1v) is 7.95. The summed E-state index contributed by atoms with van der Waals surface area (Å²) in [6, 6.07) is 0.947. The SMILES string of the molecule is [N-]=[N+]=NC1(C=CP(=O)(O)O)OC(n2ccc(=O)[nH]c2=O)C(O)C1O. The molecule has 0 bridgehead atoms. The van der Waals surface area contributed by atoms with E-state index in [1.165, 1.54) is 0 Å². The molecule has 14 heteroatoms. The fourth-order valence-electron chi connectivity index (χ4n) is 2.11. The number of H-pyrrole nitrogens is 1. The van der Waals surface area contributed by atoms with Crippen LogP contribution in [0.1, 0.15) is 6.23 Å². The zero-order valence-corrected chi connectivity index (χ0v) is 12.6. The quantitative estimate of drug-likeness (QED) is 0.183. The van der Waals surface area contributed by atoms with E-state index in [0.717, 1.165) is 16.8 Å². The normalized spacial score (nSPS) is 30.4.